The summed E-state index contributed by atoms with van der Waals surface area (Å²) < 4.78 is 6.83. The molecule has 0 aliphatic heterocycles. The van der Waals surface area contributed by atoms with Crippen molar-refractivity contribution in [1.29, 1.82) is 0 Å². The molecule has 6 heteroatoms. The van der Waals surface area contributed by atoms with Gasteiger partial charge in [0, 0.05) is 14.9 Å². The molecule has 0 saturated carbocycles. The molecule has 0 aliphatic carbocycles. The van der Waals surface area contributed by atoms with Crippen LogP contribution in [0.5, 0.6) is 5.75 Å². The minimum absolute atomic E-state index is 0.0801. The summed E-state index contributed by atoms with van der Waals surface area (Å²) in [5, 5.41) is 3.45. The first-order valence-electron chi connectivity index (χ1n) is 9.45. The zero-order valence-corrected chi connectivity index (χ0v) is 19.6. The van der Waals surface area contributed by atoms with Gasteiger partial charge in [-0.1, -0.05) is 61.0 Å². The van der Waals surface area contributed by atoms with Gasteiger partial charge in [-0.15, -0.1) is 11.3 Å². The van der Waals surface area contributed by atoms with E-state index in [4.69, 9.17) is 4.74 Å². The van der Waals surface area contributed by atoms with Gasteiger partial charge < -0.3 is 4.74 Å². The smallest absolute Gasteiger partial charge is 0.266 e. The van der Waals surface area contributed by atoms with Gasteiger partial charge in [0.05, 0.1) is 5.69 Å². The highest BCUT2D eigenvalue weighted by Crippen LogP contribution is 2.31. The Kier molecular flexibility index (Phi) is 6.44. The predicted octanol–water partition coefficient (Wildman–Crippen LogP) is 6.58. The lowest BCUT2D eigenvalue weighted by atomic mass is 9.87. The van der Waals surface area contributed by atoms with Crippen molar-refractivity contribution in [3.63, 3.8) is 0 Å². The molecule has 1 heterocycles. The molecule has 3 rings (SSSR count). The molecular formula is C23H25BrN2O2S. The molecule has 1 atom stereocenters. The maximum atomic E-state index is 12.6. The fraction of sp³-hybridized carbons (Fsp3) is 0.304. The number of carbonyl (C=O) groups excluding carboxylic acids is 1. The summed E-state index contributed by atoms with van der Waals surface area (Å²) in [6, 6.07) is 15.9. The number of carbonyl (C=O) groups is 1. The Balaban J connectivity index is 1.65. The van der Waals surface area contributed by atoms with Crippen LogP contribution in [0.15, 0.2) is 53.0 Å². The highest BCUT2D eigenvalue weighted by Gasteiger charge is 2.19. The Hall–Kier alpha value is -2.18. The molecule has 4 nitrogen and oxygen atoms in total. The molecule has 0 spiro atoms. The second-order valence-corrected chi connectivity index (χ2v) is 10.1. The molecule has 0 aliphatic rings. The van der Waals surface area contributed by atoms with Crippen LogP contribution >= 0.6 is 27.3 Å². The fourth-order valence-electron chi connectivity index (χ4n) is 2.82. The van der Waals surface area contributed by atoms with Gasteiger partial charge in [0.1, 0.15) is 5.75 Å². The van der Waals surface area contributed by atoms with Crippen molar-refractivity contribution in [3.05, 3.63) is 63.4 Å². The molecule has 29 heavy (non-hydrogen) atoms. The van der Waals surface area contributed by atoms with E-state index >= 15 is 0 Å². The fourth-order valence-corrected chi connectivity index (χ4v) is 3.93. The first kappa shape index (κ1) is 21.5. The first-order valence-corrected chi connectivity index (χ1v) is 11.1. The van der Waals surface area contributed by atoms with E-state index in [9.17, 15) is 4.79 Å². The number of nitrogens with one attached hydrogen (secondary N) is 1. The molecule has 1 unspecified atom stereocenters. The lowest BCUT2D eigenvalue weighted by Gasteiger charge is -2.20. The molecule has 1 amide bonds. The summed E-state index contributed by atoms with van der Waals surface area (Å²) in [6.07, 6.45) is -0.629. The summed E-state index contributed by atoms with van der Waals surface area (Å²) in [5.74, 6) is 0.451. The van der Waals surface area contributed by atoms with Gasteiger partial charge in [0.2, 0.25) is 0 Å². The van der Waals surface area contributed by atoms with Crippen LogP contribution in [-0.4, -0.2) is 17.0 Å². The van der Waals surface area contributed by atoms with Gasteiger partial charge in [0.25, 0.3) is 5.91 Å². The van der Waals surface area contributed by atoms with Crippen LogP contribution in [-0.2, 0) is 10.2 Å². The van der Waals surface area contributed by atoms with Crippen molar-refractivity contribution < 1.29 is 9.53 Å². The van der Waals surface area contributed by atoms with E-state index in [1.54, 1.807) is 6.92 Å². The SMILES string of the molecule is Cc1sc(NC(=O)C(C)Oc2ccc(C(C)(C)C)cc2)nc1-c1ccc(Br)cc1. The zero-order valence-electron chi connectivity index (χ0n) is 17.2. The van der Waals surface area contributed by atoms with E-state index in [2.05, 4.69) is 47.0 Å². The Labute approximate surface area is 184 Å². The Morgan fingerprint density at radius 1 is 1.10 bits per heavy atom. The average molecular weight is 473 g/mol. The summed E-state index contributed by atoms with van der Waals surface area (Å²) in [6.45, 7) is 10.2. The third kappa shape index (κ3) is 5.46. The lowest BCUT2D eigenvalue weighted by Crippen LogP contribution is -2.30. The van der Waals surface area contributed by atoms with Gasteiger partial charge in [0.15, 0.2) is 11.2 Å². The summed E-state index contributed by atoms with van der Waals surface area (Å²) in [7, 11) is 0. The van der Waals surface area contributed by atoms with Crippen LogP contribution in [0.25, 0.3) is 11.3 Å². The molecule has 0 fully saturated rings. The van der Waals surface area contributed by atoms with E-state index in [1.165, 1.54) is 16.9 Å². The second kappa shape index (κ2) is 8.67. The number of aryl methyl sites for hydroxylation is 1. The number of ether oxygens (including phenoxy) is 1. The van der Waals surface area contributed by atoms with Crippen LogP contribution < -0.4 is 10.1 Å². The molecule has 0 bridgehead atoms. The minimum Gasteiger partial charge on any atom is -0.481 e. The maximum absolute atomic E-state index is 12.6. The van der Waals surface area contributed by atoms with Crippen LogP contribution in [0.2, 0.25) is 0 Å². The number of nitrogens with zero attached hydrogens (tertiary/aromatic N) is 1. The molecule has 0 saturated heterocycles. The summed E-state index contributed by atoms with van der Waals surface area (Å²) in [4.78, 5) is 18.2. The molecule has 0 radical (unpaired) electrons. The van der Waals surface area contributed by atoms with Crippen molar-refractivity contribution in [3.8, 4) is 17.0 Å². The van der Waals surface area contributed by atoms with Crippen molar-refractivity contribution in [1.82, 2.24) is 4.98 Å². The quantitative estimate of drug-likeness (QED) is 0.455. The molecule has 1 N–H and O–H groups in total. The number of hydrogen-bond donors (Lipinski definition) is 1. The number of aromatic nitrogens is 1. The molecule has 3 aromatic rings. The Morgan fingerprint density at radius 3 is 2.31 bits per heavy atom. The first-order chi connectivity index (χ1) is 13.6. The third-order valence-electron chi connectivity index (χ3n) is 4.55. The summed E-state index contributed by atoms with van der Waals surface area (Å²) >= 11 is 4.90. The zero-order chi connectivity index (χ0) is 21.2. The van der Waals surface area contributed by atoms with Crippen molar-refractivity contribution in [2.75, 3.05) is 5.32 Å². The van der Waals surface area contributed by atoms with Gasteiger partial charge in [-0.2, -0.15) is 0 Å². The predicted molar refractivity (Wildman–Crippen MR) is 124 cm³/mol. The van der Waals surface area contributed by atoms with Crippen LogP contribution in [0.4, 0.5) is 5.13 Å². The average Bonchev–Trinajstić information content (AvgIpc) is 3.02. The van der Waals surface area contributed by atoms with Gasteiger partial charge in [-0.05, 0) is 49.1 Å². The normalized spacial score (nSPS) is 12.5. The van der Waals surface area contributed by atoms with Crippen LogP contribution in [0, 0.1) is 6.92 Å². The topological polar surface area (TPSA) is 51.2 Å². The van der Waals surface area contributed by atoms with E-state index < -0.39 is 6.10 Å². The van der Waals surface area contributed by atoms with Crippen molar-refractivity contribution >= 4 is 38.3 Å². The maximum Gasteiger partial charge on any atom is 0.266 e. The Bertz CT molecular complexity index is 989. The summed E-state index contributed by atoms with van der Waals surface area (Å²) in [5.41, 5.74) is 3.20. The number of anilines is 1. The number of amides is 1. The monoisotopic (exact) mass is 472 g/mol. The standard InChI is InChI=1S/C23H25BrN2O2S/c1-14(28-19-12-8-17(9-13-19)23(3,4)5)21(27)26-22-25-20(15(2)29-22)16-6-10-18(24)11-7-16/h6-14H,1-5H3,(H,25,26,27). The number of benzene rings is 2. The van der Waals surface area contributed by atoms with E-state index in [-0.39, 0.29) is 11.3 Å². The minimum atomic E-state index is -0.629. The van der Waals surface area contributed by atoms with E-state index in [1.807, 2.05) is 55.5 Å². The van der Waals surface area contributed by atoms with Crippen molar-refractivity contribution in [2.45, 2.75) is 46.1 Å². The molecule has 1 aromatic heterocycles. The van der Waals surface area contributed by atoms with E-state index in [0.717, 1.165) is 20.6 Å². The Morgan fingerprint density at radius 2 is 1.72 bits per heavy atom. The second-order valence-electron chi connectivity index (χ2n) is 7.95. The number of halogens is 1. The highest BCUT2D eigenvalue weighted by atomic mass is 79.9. The van der Waals surface area contributed by atoms with E-state index in [0.29, 0.717) is 10.9 Å². The van der Waals surface area contributed by atoms with Gasteiger partial charge >= 0.3 is 0 Å². The third-order valence-corrected chi connectivity index (χ3v) is 5.96. The van der Waals surface area contributed by atoms with Crippen LogP contribution in [0.3, 0.4) is 0 Å². The van der Waals surface area contributed by atoms with Gasteiger partial charge in [-0.25, -0.2) is 4.98 Å². The van der Waals surface area contributed by atoms with Crippen molar-refractivity contribution in [2.24, 2.45) is 0 Å². The molecular weight excluding hydrogens is 448 g/mol. The highest BCUT2D eigenvalue weighted by molar-refractivity contribution is 9.10. The largest absolute Gasteiger partial charge is 0.481 e. The lowest BCUT2D eigenvalue weighted by molar-refractivity contribution is -0.122. The van der Waals surface area contributed by atoms with Gasteiger partial charge in [-0.3, -0.25) is 10.1 Å². The number of thiazole rings is 1. The molecule has 2 aromatic carbocycles. The number of hydrogen-bond acceptors (Lipinski definition) is 4. The molecule has 152 valence electrons. The number of rotatable bonds is 5. The van der Waals surface area contributed by atoms with Crippen LogP contribution in [0.1, 0.15) is 38.1 Å².